The lowest BCUT2D eigenvalue weighted by Crippen LogP contribution is -2.63. The molecule has 0 spiro atoms. The molecule has 1 aliphatic heterocycles. The lowest BCUT2D eigenvalue weighted by atomic mass is 9.85. The van der Waals surface area contributed by atoms with E-state index in [1.807, 2.05) is 6.07 Å². The first-order valence-electron chi connectivity index (χ1n) is 11.4. The molecule has 214 valence electrons. The fourth-order valence-corrected chi connectivity index (χ4v) is 4.40. The summed E-state index contributed by atoms with van der Waals surface area (Å²) in [6.07, 6.45) is -7.86. The number of alkyl halides is 3. The molecule has 39 heavy (non-hydrogen) atoms. The first kappa shape index (κ1) is 30.6. The van der Waals surface area contributed by atoms with Crippen LogP contribution < -0.4 is 8.92 Å². The standard InChI is InChI=1S/C24H26F3NO10S/c1-12(2)36-18-9-15(10-28)14(7-13-3-5-16(6-4-13)38-39(34,35)24(25,26)27)8-17(18)23(33)22(32)21(31)20(30)19(11-29)37-23/h3-6,8-9,12,19-22,29-33H,7,11H2,1-2H3/t19-,20-,21+,22-,23+/m1/s1. The van der Waals surface area contributed by atoms with E-state index in [0.29, 0.717) is 5.56 Å². The molecule has 1 aliphatic rings. The van der Waals surface area contributed by atoms with Gasteiger partial charge in [0.2, 0.25) is 5.79 Å². The summed E-state index contributed by atoms with van der Waals surface area (Å²) in [4.78, 5) is 0. The predicted molar refractivity (Wildman–Crippen MR) is 126 cm³/mol. The van der Waals surface area contributed by atoms with Crippen molar-refractivity contribution >= 4 is 10.1 Å². The Morgan fingerprint density at radius 1 is 1.13 bits per heavy atom. The highest BCUT2D eigenvalue weighted by molar-refractivity contribution is 7.88. The molecule has 0 bridgehead atoms. The SMILES string of the molecule is CC(C)Oc1cc(C#N)c(Cc2ccc(OS(=O)(=O)C(F)(F)F)cc2)cc1[C@]1(O)O[C@H](CO)[C@@H](O)[C@H](O)[C@H]1O. The van der Waals surface area contributed by atoms with Crippen molar-refractivity contribution in [1.29, 1.82) is 5.26 Å². The monoisotopic (exact) mass is 577 g/mol. The summed E-state index contributed by atoms with van der Waals surface area (Å²) < 4.78 is 75.4. The number of halogens is 3. The van der Waals surface area contributed by atoms with Crippen molar-refractivity contribution in [1.82, 2.24) is 0 Å². The zero-order valence-electron chi connectivity index (χ0n) is 20.5. The Morgan fingerprint density at radius 3 is 2.26 bits per heavy atom. The molecule has 1 heterocycles. The third kappa shape index (κ3) is 6.28. The molecule has 2 aromatic rings. The van der Waals surface area contributed by atoms with Gasteiger partial charge in [-0.1, -0.05) is 12.1 Å². The molecular weight excluding hydrogens is 551 g/mol. The molecule has 0 amide bonds. The third-order valence-electron chi connectivity index (χ3n) is 5.85. The molecule has 1 saturated heterocycles. The van der Waals surface area contributed by atoms with Crippen molar-refractivity contribution < 1.29 is 60.8 Å². The van der Waals surface area contributed by atoms with Gasteiger partial charge in [-0.25, -0.2) is 0 Å². The van der Waals surface area contributed by atoms with Crippen LogP contribution in [0.15, 0.2) is 36.4 Å². The zero-order chi connectivity index (χ0) is 29.3. The van der Waals surface area contributed by atoms with Crippen molar-refractivity contribution in [2.24, 2.45) is 0 Å². The summed E-state index contributed by atoms with van der Waals surface area (Å²) in [5.41, 5.74) is -5.21. The summed E-state index contributed by atoms with van der Waals surface area (Å²) in [6, 6.07) is 8.91. The molecular formula is C24H26F3NO10S. The van der Waals surface area contributed by atoms with E-state index in [1.54, 1.807) is 13.8 Å². The Morgan fingerprint density at radius 2 is 1.74 bits per heavy atom. The summed E-state index contributed by atoms with van der Waals surface area (Å²) >= 11 is 0. The fraction of sp³-hybridized carbons (Fsp3) is 0.458. The lowest BCUT2D eigenvalue weighted by molar-refractivity contribution is -0.358. The Labute approximate surface area is 221 Å². The van der Waals surface area contributed by atoms with E-state index in [2.05, 4.69) is 4.18 Å². The molecule has 0 unspecified atom stereocenters. The molecule has 0 aromatic heterocycles. The van der Waals surface area contributed by atoms with Crippen LogP contribution in [0.3, 0.4) is 0 Å². The minimum absolute atomic E-state index is 0.0440. The normalized spacial score (nSPS) is 25.8. The summed E-state index contributed by atoms with van der Waals surface area (Å²) in [6.45, 7) is 2.46. The van der Waals surface area contributed by atoms with E-state index in [9.17, 15) is 52.4 Å². The fourth-order valence-electron chi connectivity index (χ4n) is 3.94. The van der Waals surface area contributed by atoms with Crippen LogP contribution in [0.25, 0.3) is 0 Å². The van der Waals surface area contributed by atoms with Crippen LogP contribution >= 0.6 is 0 Å². The van der Waals surface area contributed by atoms with Crippen LogP contribution in [0.1, 0.15) is 36.1 Å². The van der Waals surface area contributed by atoms with Crippen molar-refractivity contribution in [3.05, 3.63) is 58.7 Å². The number of hydrogen-bond donors (Lipinski definition) is 5. The molecule has 0 aliphatic carbocycles. The van der Waals surface area contributed by atoms with Crippen molar-refractivity contribution in [3.63, 3.8) is 0 Å². The Hall–Kier alpha value is -2.97. The molecule has 1 fully saturated rings. The predicted octanol–water partition coefficient (Wildman–Crippen LogP) is 0.784. The Bertz CT molecular complexity index is 1330. The van der Waals surface area contributed by atoms with Gasteiger partial charge < -0.3 is 39.2 Å². The average molecular weight is 578 g/mol. The van der Waals surface area contributed by atoms with Crippen LogP contribution in [0.5, 0.6) is 11.5 Å². The number of aliphatic hydroxyl groups is 5. The number of rotatable bonds is 8. The van der Waals surface area contributed by atoms with E-state index in [1.165, 1.54) is 24.3 Å². The van der Waals surface area contributed by atoms with Gasteiger partial charge in [-0.2, -0.15) is 26.9 Å². The second-order valence-electron chi connectivity index (χ2n) is 9.05. The third-order valence-corrected chi connectivity index (χ3v) is 6.83. The lowest BCUT2D eigenvalue weighted by Gasteiger charge is -2.46. The van der Waals surface area contributed by atoms with Gasteiger partial charge in [0.25, 0.3) is 0 Å². The first-order chi connectivity index (χ1) is 18.0. The van der Waals surface area contributed by atoms with Gasteiger partial charge in [-0.3, -0.25) is 0 Å². The quantitative estimate of drug-likeness (QED) is 0.220. The van der Waals surface area contributed by atoms with Gasteiger partial charge in [0.1, 0.15) is 35.9 Å². The van der Waals surface area contributed by atoms with Gasteiger partial charge in [0.15, 0.2) is 0 Å². The van der Waals surface area contributed by atoms with Crippen molar-refractivity contribution in [2.45, 2.75) is 62.1 Å². The minimum Gasteiger partial charge on any atom is -0.490 e. The van der Waals surface area contributed by atoms with E-state index in [4.69, 9.17) is 9.47 Å². The smallest absolute Gasteiger partial charge is 0.490 e. The largest absolute Gasteiger partial charge is 0.534 e. The van der Waals surface area contributed by atoms with Gasteiger partial charge >= 0.3 is 15.6 Å². The van der Waals surface area contributed by atoms with Crippen LogP contribution in [-0.2, 0) is 27.1 Å². The topological polar surface area (TPSA) is 187 Å². The molecule has 5 atom stereocenters. The van der Waals surface area contributed by atoms with Crippen LogP contribution in [0.4, 0.5) is 13.2 Å². The number of aliphatic hydroxyl groups excluding tert-OH is 4. The van der Waals surface area contributed by atoms with E-state index >= 15 is 0 Å². The number of benzene rings is 2. The Kier molecular flexibility index (Phi) is 8.82. The van der Waals surface area contributed by atoms with Crippen LogP contribution in [0.2, 0.25) is 0 Å². The molecule has 0 radical (unpaired) electrons. The number of hydrogen-bond acceptors (Lipinski definition) is 11. The van der Waals surface area contributed by atoms with Gasteiger partial charge in [0, 0.05) is 0 Å². The molecule has 15 heteroatoms. The van der Waals surface area contributed by atoms with E-state index in [0.717, 1.165) is 12.1 Å². The second-order valence-corrected chi connectivity index (χ2v) is 10.6. The number of ether oxygens (including phenoxy) is 2. The maximum Gasteiger partial charge on any atom is 0.534 e. The molecule has 11 nitrogen and oxygen atoms in total. The first-order valence-corrected chi connectivity index (χ1v) is 12.8. The maximum atomic E-state index is 12.6. The van der Waals surface area contributed by atoms with Gasteiger partial charge in [-0.05, 0) is 55.7 Å². The highest BCUT2D eigenvalue weighted by Crippen LogP contribution is 2.42. The average Bonchev–Trinajstić information content (AvgIpc) is 2.85. The van der Waals surface area contributed by atoms with E-state index < -0.39 is 64.3 Å². The summed E-state index contributed by atoms with van der Waals surface area (Å²) in [5.74, 6) is -3.41. The zero-order valence-corrected chi connectivity index (χ0v) is 21.3. The molecule has 2 aromatic carbocycles. The molecule has 5 N–H and O–H groups in total. The maximum absolute atomic E-state index is 12.6. The van der Waals surface area contributed by atoms with Crippen molar-refractivity contribution in [2.75, 3.05) is 6.61 Å². The summed E-state index contributed by atoms with van der Waals surface area (Å²) in [7, 11) is -5.87. The molecule has 3 rings (SSSR count). The van der Waals surface area contributed by atoms with Crippen LogP contribution in [-0.4, -0.2) is 76.6 Å². The molecule has 0 saturated carbocycles. The highest BCUT2D eigenvalue weighted by atomic mass is 32.2. The van der Waals surface area contributed by atoms with Gasteiger partial charge in [-0.15, -0.1) is 0 Å². The van der Waals surface area contributed by atoms with E-state index in [-0.39, 0.29) is 28.9 Å². The van der Waals surface area contributed by atoms with Crippen molar-refractivity contribution in [3.8, 4) is 17.6 Å². The highest BCUT2D eigenvalue weighted by Gasteiger charge is 2.55. The number of nitrogens with zero attached hydrogens (tertiary/aromatic N) is 1. The van der Waals surface area contributed by atoms with Gasteiger partial charge in [0.05, 0.1) is 29.9 Å². The summed E-state index contributed by atoms with van der Waals surface area (Å²) in [5, 5.41) is 61.7. The number of nitriles is 1. The van der Waals surface area contributed by atoms with Crippen LogP contribution in [0, 0.1) is 11.3 Å². The minimum atomic E-state index is -5.87. The Balaban J connectivity index is 2.04. The second kappa shape index (κ2) is 11.3.